The largest absolute Gasteiger partial charge is 0.377 e. The van der Waals surface area contributed by atoms with E-state index in [-0.39, 0.29) is 25.6 Å². The van der Waals surface area contributed by atoms with Crippen LogP contribution in [0.5, 0.6) is 0 Å². The molecule has 0 saturated carbocycles. The highest BCUT2D eigenvalue weighted by Crippen LogP contribution is 2.35. The van der Waals surface area contributed by atoms with Gasteiger partial charge in [0.05, 0.1) is 29.9 Å². The van der Waals surface area contributed by atoms with Gasteiger partial charge in [-0.05, 0) is 70.4 Å². The van der Waals surface area contributed by atoms with Crippen LogP contribution in [0.4, 0.5) is 8.78 Å². The first-order chi connectivity index (χ1) is 20.4. The number of halogens is 2. The highest BCUT2D eigenvalue weighted by molar-refractivity contribution is 5.93. The van der Waals surface area contributed by atoms with Crippen LogP contribution in [0.15, 0.2) is 48.2 Å². The van der Waals surface area contributed by atoms with Crippen molar-refractivity contribution in [3.63, 3.8) is 0 Å². The van der Waals surface area contributed by atoms with Gasteiger partial charge in [0.2, 0.25) is 11.8 Å². The summed E-state index contributed by atoms with van der Waals surface area (Å²) in [5.74, 6) is -1.41. The first kappa shape index (κ1) is 30.3. The van der Waals surface area contributed by atoms with Gasteiger partial charge in [-0.1, -0.05) is 0 Å². The summed E-state index contributed by atoms with van der Waals surface area (Å²) in [6.45, 7) is 10.3. The summed E-state index contributed by atoms with van der Waals surface area (Å²) in [6, 6.07) is 4.11. The minimum absolute atomic E-state index is 0.0956. The van der Waals surface area contributed by atoms with Gasteiger partial charge in [0.15, 0.2) is 5.65 Å². The van der Waals surface area contributed by atoms with Crippen molar-refractivity contribution in [2.75, 3.05) is 13.7 Å². The molecule has 1 aromatic carbocycles. The summed E-state index contributed by atoms with van der Waals surface area (Å²) < 4.78 is 38.2. The van der Waals surface area contributed by atoms with Crippen LogP contribution in [0.3, 0.4) is 0 Å². The SMILES string of the molecule is COC(C)c1cn(CC(=O)N2C[C@H](F)C[C@H]2C(=O)N[C@H](C)C(F)=C(C)C)c2c(C)cc(-c3cnc4cc(C)nn4c3)cc12. The molecule has 1 N–H and O–H groups in total. The molecule has 1 aliphatic heterocycles. The van der Waals surface area contributed by atoms with Gasteiger partial charge >= 0.3 is 0 Å². The number of fused-ring (bicyclic) bond motifs is 2. The third-order valence-corrected chi connectivity index (χ3v) is 8.15. The van der Waals surface area contributed by atoms with E-state index in [1.54, 1.807) is 25.5 Å². The van der Waals surface area contributed by atoms with Gasteiger partial charge in [-0.25, -0.2) is 18.3 Å². The van der Waals surface area contributed by atoms with Crippen LogP contribution in [-0.4, -0.2) is 67.8 Å². The lowest BCUT2D eigenvalue weighted by atomic mass is 10.00. The van der Waals surface area contributed by atoms with E-state index in [1.807, 2.05) is 56.1 Å². The number of ether oxygens (including phenoxy) is 1. The highest BCUT2D eigenvalue weighted by atomic mass is 19.1. The Hall–Kier alpha value is -4.12. The maximum atomic E-state index is 14.6. The Morgan fingerprint density at radius 3 is 2.58 bits per heavy atom. The fourth-order valence-corrected chi connectivity index (χ4v) is 5.92. The van der Waals surface area contributed by atoms with Gasteiger partial charge in [-0.2, -0.15) is 5.10 Å². The molecule has 0 bridgehead atoms. The number of methoxy groups -OCH3 is 1. The zero-order valence-corrected chi connectivity index (χ0v) is 25.6. The number of carbonyl (C=O) groups excluding carboxylic acids is 2. The van der Waals surface area contributed by atoms with Crippen LogP contribution < -0.4 is 5.32 Å². The number of nitrogens with zero attached hydrogens (tertiary/aromatic N) is 5. The molecule has 4 heterocycles. The molecule has 3 aromatic heterocycles. The highest BCUT2D eigenvalue weighted by Gasteiger charge is 2.40. The Bertz CT molecular complexity index is 1740. The number of aryl methyl sites for hydroxylation is 2. The lowest BCUT2D eigenvalue weighted by molar-refractivity contribution is -0.139. The maximum Gasteiger partial charge on any atom is 0.243 e. The van der Waals surface area contributed by atoms with E-state index in [9.17, 15) is 18.4 Å². The molecule has 4 atom stereocenters. The monoisotopic (exact) mass is 592 g/mol. The predicted octanol–water partition coefficient (Wildman–Crippen LogP) is 5.38. The normalized spacial score (nSPS) is 18.3. The first-order valence-electron chi connectivity index (χ1n) is 14.4. The van der Waals surface area contributed by atoms with Crippen molar-refractivity contribution in [1.29, 1.82) is 0 Å². The molecular formula is C32H38F2N6O3. The van der Waals surface area contributed by atoms with E-state index in [2.05, 4.69) is 21.5 Å². The average molecular weight is 593 g/mol. The number of likely N-dealkylation sites (tertiary alicyclic amines) is 1. The second kappa shape index (κ2) is 11.9. The standard InChI is InChI=1S/C32H38F2N6O3/c1-17(2)30(34)20(5)36-32(42)27-11-24(33)14-39(27)29(41)16-38-15-26(21(6)43-7)25-10-22(8-18(3)31(25)38)23-12-35-28-9-19(4)37-40(28)13-23/h8-10,12-13,15,20-21,24,27H,11,14,16H2,1-7H3,(H,36,42)/t20-,21?,24-,27+/m1/s1. The average Bonchev–Trinajstić information content (AvgIpc) is 3.65. The quantitative estimate of drug-likeness (QED) is 0.297. The van der Waals surface area contributed by atoms with Crippen LogP contribution >= 0.6 is 0 Å². The van der Waals surface area contributed by atoms with Gasteiger partial charge in [-0.3, -0.25) is 9.59 Å². The molecule has 228 valence electrons. The molecule has 1 fully saturated rings. The molecule has 11 heteroatoms. The Morgan fingerprint density at radius 2 is 1.88 bits per heavy atom. The Labute approximate surface area is 249 Å². The third-order valence-electron chi connectivity index (χ3n) is 8.15. The Kier molecular flexibility index (Phi) is 8.38. The van der Waals surface area contributed by atoms with Gasteiger partial charge in [0.25, 0.3) is 0 Å². The summed E-state index contributed by atoms with van der Waals surface area (Å²) in [5, 5.41) is 8.01. The number of rotatable bonds is 8. The number of nitrogens with one attached hydrogen (secondary N) is 1. The summed E-state index contributed by atoms with van der Waals surface area (Å²) in [5.41, 5.74) is 6.58. The molecule has 43 heavy (non-hydrogen) atoms. The minimum Gasteiger partial charge on any atom is -0.377 e. The molecule has 0 radical (unpaired) electrons. The van der Waals surface area contributed by atoms with E-state index in [0.29, 0.717) is 5.57 Å². The number of hydrogen-bond donors (Lipinski definition) is 1. The number of hydrogen-bond acceptors (Lipinski definition) is 5. The van der Waals surface area contributed by atoms with E-state index in [0.717, 1.165) is 44.5 Å². The van der Waals surface area contributed by atoms with Gasteiger partial charge in [0, 0.05) is 54.7 Å². The second-order valence-corrected chi connectivity index (χ2v) is 11.7. The zero-order chi connectivity index (χ0) is 31.2. The fraction of sp³-hybridized carbons (Fsp3) is 0.438. The second-order valence-electron chi connectivity index (χ2n) is 11.7. The topological polar surface area (TPSA) is 93.8 Å². The van der Waals surface area contributed by atoms with E-state index in [4.69, 9.17) is 4.74 Å². The zero-order valence-electron chi connectivity index (χ0n) is 25.6. The van der Waals surface area contributed by atoms with E-state index >= 15 is 0 Å². The molecule has 1 aliphatic rings. The van der Waals surface area contributed by atoms with Crippen molar-refractivity contribution < 1.29 is 23.1 Å². The van der Waals surface area contributed by atoms with Crippen molar-refractivity contribution in [2.45, 2.75) is 78.9 Å². The number of carbonyl (C=O) groups is 2. The molecule has 0 aliphatic carbocycles. The van der Waals surface area contributed by atoms with Crippen LogP contribution in [0.2, 0.25) is 0 Å². The van der Waals surface area contributed by atoms with Crippen LogP contribution in [0.1, 0.15) is 57.0 Å². The predicted molar refractivity (Wildman–Crippen MR) is 161 cm³/mol. The van der Waals surface area contributed by atoms with E-state index in [1.165, 1.54) is 11.8 Å². The van der Waals surface area contributed by atoms with Crippen LogP contribution in [0, 0.1) is 13.8 Å². The number of alkyl halides is 1. The van der Waals surface area contributed by atoms with Crippen molar-refractivity contribution in [3.8, 4) is 11.1 Å². The summed E-state index contributed by atoms with van der Waals surface area (Å²) in [4.78, 5) is 32.5. The van der Waals surface area contributed by atoms with Crippen molar-refractivity contribution >= 4 is 28.4 Å². The lowest BCUT2D eigenvalue weighted by Crippen LogP contribution is -2.49. The van der Waals surface area contributed by atoms with Gasteiger partial charge in [-0.15, -0.1) is 0 Å². The molecule has 1 saturated heterocycles. The molecular weight excluding hydrogens is 554 g/mol. The van der Waals surface area contributed by atoms with Crippen LogP contribution in [0.25, 0.3) is 27.7 Å². The number of benzene rings is 1. The van der Waals surface area contributed by atoms with Gasteiger partial charge in [0.1, 0.15) is 24.6 Å². The van der Waals surface area contributed by atoms with Crippen LogP contribution in [-0.2, 0) is 20.9 Å². The smallest absolute Gasteiger partial charge is 0.243 e. The van der Waals surface area contributed by atoms with Crippen molar-refractivity contribution in [2.24, 2.45) is 0 Å². The number of amides is 2. The maximum absolute atomic E-state index is 14.6. The summed E-state index contributed by atoms with van der Waals surface area (Å²) in [6.07, 6.45) is 3.89. The Morgan fingerprint density at radius 1 is 1.14 bits per heavy atom. The van der Waals surface area contributed by atoms with E-state index < -0.39 is 35.9 Å². The molecule has 0 spiro atoms. The molecule has 5 rings (SSSR count). The number of aromatic nitrogens is 4. The minimum atomic E-state index is -1.34. The summed E-state index contributed by atoms with van der Waals surface area (Å²) >= 11 is 0. The molecule has 1 unspecified atom stereocenters. The number of allylic oxidation sites excluding steroid dienone is 1. The van der Waals surface area contributed by atoms with Crippen molar-refractivity contribution in [3.05, 3.63) is 65.0 Å². The fourth-order valence-electron chi connectivity index (χ4n) is 5.92. The summed E-state index contributed by atoms with van der Waals surface area (Å²) in [7, 11) is 1.63. The Balaban J connectivity index is 1.47. The molecule has 9 nitrogen and oxygen atoms in total. The molecule has 2 amide bonds. The molecule has 4 aromatic rings. The lowest BCUT2D eigenvalue weighted by Gasteiger charge is -2.25. The third kappa shape index (κ3) is 5.90. The first-order valence-corrected chi connectivity index (χ1v) is 14.4. The van der Waals surface area contributed by atoms with Gasteiger partial charge < -0.3 is 19.5 Å². The van der Waals surface area contributed by atoms with Crippen molar-refractivity contribution in [1.82, 2.24) is 29.4 Å².